The van der Waals surface area contributed by atoms with E-state index in [1.807, 2.05) is 0 Å². The maximum Gasteiger partial charge on any atom is 0.276 e. The Morgan fingerprint density at radius 3 is 2.22 bits per heavy atom. The highest BCUT2D eigenvalue weighted by Crippen LogP contribution is 2.26. The molecular weight excluding hydrogens is 244 g/mol. The van der Waals surface area contributed by atoms with E-state index in [9.17, 15) is 18.9 Å². The maximum absolute atomic E-state index is 13.1. The van der Waals surface area contributed by atoms with Crippen LogP contribution in [0.1, 0.15) is 0 Å². The Labute approximate surface area is 101 Å². The van der Waals surface area contributed by atoms with Gasteiger partial charge in [-0.25, -0.2) is 8.78 Å². The fraction of sp³-hybridized carbons (Fsp3) is 0. The van der Waals surface area contributed by atoms with Crippen molar-refractivity contribution in [3.05, 3.63) is 64.2 Å². The second kappa shape index (κ2) is 4.79. The standard InChI is InChI=1S/C12H7F2NO3/c13-8-1-3-11(4-2-8)18-12-6-9(14)5-10(7-12)15(16)17/h1-7H. The molecule has 0 aromatic heterocycles. The summed E-state index contributed by atoms with van der Waals surface area (Å²) < 4.78 is 31.0. The molecule has 6 heteroatoms. The Balaban J connectivity index is 2.28. The number of nitrogens with zero attached hydrogens (tertiary/aromatic N) is 1. The van der Waals surface area contributed by atoms with Gasteiger partial charge in [-0.05, 0) is 24.3 Å². The van der Waals surface area contributed by atoms with Crippen LogP contribution in [0.15, 0.2) is 42.5 Å². The predicted molar refractivity (Wildman–Crippen MR) is 59.5 cm³/mol. The highest BCUT2D eigenvalue weighted by Gasteiger charge is 2.11. The molecule has 0 bridgehead atoms. The minimum absolute atomic E-state index is 0.0201. The van der Waals surface area contributed by atoms with Crippen LogP contribution in [0.5, 0.6) is 11.5 Å². The number of ether oxygens (including phenoxy) is 1. The topological polar surface area (TPSA) is 52.4 Å². The monoisotopic (exact) mass is 251 g/mol. The molecule has 0 radical (unpaired) electrons. The van der Waals surface area contributed by atoms with Crippen molar-refractivity contribution < 1.29 is 18.4 Å². The van der Waals surface area contributed by atoms with Crippen molar-refractivity contribution in [1.29, 1.82) is 0 Å². The van der Waals surface area contributed by atoms with Gasteiger partial charge in [-0.15, -0.1) is 0 Å². The second-order valence-corrected chi connectivity index (χ2v) is 3.46. The Morgan fingerprint density at radius 1 is 0.944 bits per heavy atom. The van der Waals surface area contributed by atoms with E-state index in [1.54, 1.807) is 0 Å². The van der Waals surface area contributed by atoms with Crippen LogP contribution < -0.4 is 4.74 Å². The third-order valence-electron chi connectivity index (χ3n) is 2.12. The first-order valence-electron chi connectivity index (χ1n) is 4.93. The van der Waals surface area contributed by atoms with E-state index >= 15 is 0 Å². The molecule has 0 saturated heterocycles. The second-order valence-electron chi connectivity index (χ2n) is 3.46. The average molecular weight is 251 g/mol. The van der Waals surface area contributed by atoms with E-state index < -0.39 is 22.2 Å². The smallest absolute Gasteiger partial charge is 0.276 e. The molecule has 4 nitrogen and oxygen atoms in total. The van der Waals surface area contributed by atoms with Gasteiger partial charge in [0, 0.05) is 6.07 Å². The zero-order valence-electron chi connectivity index (χ0n) is 8.97. The number of hydrogen-bond donors (Lipinski definition) is 0. The molecule has 92 valence electrons. The zero-order valence-corrected chi connectivity index (χ0v) is 8.97. The quantitative estimate of drug-likeness (QED) is 0.617. The first-order chi connectivity index (χ1) is 8.54. The van der Waals surface area contributed by atoms with Crippen LogP contribution in [-0.4, -0.2) is 4.92 Å². The van der Waals surface area contributed by atoms with Crippen molar-refractivity contribution in [2.24, 2.45) is 0 Å². The molecule has 0 N–H and O–H groups in total. The first-order valence-corrected chi connectivity index (χ1v) is 4.93. The normalized spacial score (nSPS) is 10.1. The summed E-state index contributed by atoms with van der Waals surface area (Å²) in [5.74, 6) is -0.974. The Morgan fingerprint density at radius 2 is 1.61 bits per heavy atom. The molecule has 2 aromatic rings. The summed E-state index contributed by atoms with van der Waals surface area (Å²) in [6.07, 6.45) is 0. The first kappa shape index (κ1) is 12.0. The van der Waals surface area contributed by atoms with Gasteiger partial charge in [-0.1, -0.05) is 0 Å². The van der Waals surface area contributed by atoms with Crippen molar-refractivity contribution in [1.82, 2.24) is 0 Å². The van der Waals surface area contributed by atoms with Crippen LogP contribution in [-0.2, 0) is 0 Å². The zero-order chi connectivity index (χ0) is 13.1. The lowest BCUT2D eigenvalue weighted by Gasteiger charge is -2.05. The van der Waals surface area contributed by atoms with E-state index in [4.69, 9.17) is 4.74 Å². The fourth-order valence-corrected chi connectivity index (χ4v) is 1.35. The van der Waals surface area contributed by atoms with Crippen molar-refractivity contribution in [3.8, 4) is 11.5 Å². The molecule has 0 amide bonds. The third kappa shape index (κ3) is 2.79. The molecule has 0 saturated carbocycles. The predicted octanol–water partition coefficient (Wildman–Crippen LogP) is 3.67. The number of halogens is 2. The molecule has 0 aliphatic rings. The minimum atomic E-state index is -0.777. The molecule has 0 aliphatic carbocycles. The molecule has 2 aromatic carbocycles. The largest absolute Gasteiger partial charge is 0.457 e. The molecule has 18 heavy (non-hydrogen) atoms. The Bertz CT molecular complexity index is 584. The average Bonchev–Trinajstić information content (AvgIpc) is 2.31. The highest BCUT2D eigenvalue weighted by atomic mass is 19.1. The van der Waals surface area contributed by atoms with Crippen LogP contribution >= 0.6 is 0 Å². The number of hydrogen-bond acceptors (Lipinski definition) is 3. The number of benzene rings is 2. The lowest BCUT2D eigenvalue weighted by molar-refractivity contribution is -0.385. The van der Waals surface area contributed by atoms with Gasteiger partial charge in [0.1, 0.15) is 23.1 Å². The highest BCUT2D eigenvalue weighted by molar-refractivity contribution is 5.41. The Kier molecular flexibility index (Phi) is 3.18. The van der Waals surface area contributed by atoms with Gasteiger partial charge in [0.25, 0.3) is 5.69 Å². The van der Waals surface area contributed by atoms with Crippen molar-refractivity contribution in [2.45, 2.75) is 0 Å². The lowest BCUT2D eigenvalue weighted by atomic mass is 10.3. The van der Waals surface area contributed by atoms with Crippen LogP contribution in [0.3, 0.4) is 0 Å². The maximum atomic E-state index is 13.1. The van der Waals surface area contributed by atoms with Gasteiger partial charge in [0.15, 0.2) is 0 Å². The summed E-state index contributed by atoms with van der Waals surface area (Å²) in [7, 11) is 0. The molecule has 0 atom stereocenters. The lowest BCUT2D eigenvalue weighted by Crippen LogP contribution is -1.91. The molecular formula is C12H7F2NO3. The van der Waals surface area contributed by atoms with Gasteiger partial charge < -0.3 is 4.74 Å². The summed E-state index contributed by atoms with van der Waals surface area (Å²) in [5, 5.41) is 10.5. The van der Waals surface area contributed by atoms with E-state index in [0.29, 0.717) is 0 Å². The summed E-state index contributed by atoms with van der Waals surface area (Å²) in [6.45, 7) is 0. The summed E-state index contributed by atoms with van der Waals surface area (Å²) >= 11 is 0. The molecule has 0 unspecified atom stereocenters. The molecule has 0 aliphatic heterocycles. The van der Waals surface area contributed by atoms with Crippen LogP contribution in [0.2, 0.25) is 0 Å². The molecule has 0 fully saturated rings. The molecule has 0 heterocycles. The summed E-state index contributed by atoms with van der Waals surface area (Å²) in [4.78, 5) is 9.81. The van der Waals surface area contributed by atoms with Crippen molar-refractivity contribution in [3.63, 3.8) is 0 Å². The Hall–Kier alpha value is -2.50. The van der Waals surface area contributed by atoms with Crippen LogP contribution in [0.4, 0.5) is 14.5 Å². The molecule has 2 rings (SSSR count). The fourth-order valence-electron chi connectivity index (χ4n) is 1.35. The number of non-ortho nitro benzene ring substituents is 1. The van der Waals surface area contributed by atoms with E-state index in [2.05, 4.69) is 0 Å². The summed E-state index contributed by atoms with van der Waals surface area (Å²) in [5.41, 5.74) is -0.410. The van der Waals surface area contributed by atoms with Crippen LogP contribution in [0, 0.1) is 21.7 Å². The van der Waals surface area contributed by atoms with Gasteiger partial charge >= 0.3 is 0 Å². The number of rotatable bonds is 3. The van der Waals surface area contributed by atoms with Gasteiger partial charge in [0.2, 0.25) is 0 Å². The van der Waals surface area contributed by atoms with Gasteiger partial charge in [-0.2, -0.15) is 0 Å². The van der Waals surface area contributed by atoms with E-state index in [1.165, 1.54) is 24.3 Å². The minimum Gasteiger partial charge on any atom is -0.457 e. The number of nitro benzene ring substituents is 1. The van der Waals surface area contributed by atoms with Crippen molar-refractivity contribution in [2.75, 3.05) is 0 Å². The van der Waals surface area contributed by atoms with Crippen LogP contribution in [0.25, 0.3) is 0 Å². The van der Waals surface area contributed by atoms with E-state index in [-0.39, 0.29) is 11.5 Å². The van der Waals surface area contributed by atoms with Crippen molar-refractivity contribution >= 4 is 5.69 Å². The third-order valence-corrected chi connectivity index (χ3v) is 2.12. The summed E-state index contributed by atoms with van der Waals surface area (Å²) in [6, 6.07) is 7.91. The van der Waals surface area contributed by atoms with Gasteiger partial charge in [-0.3, -0.25) is 10.1 Å². The number of nitro groups is 1. The SMILES string of the molecule is O=[N+]([O-])c1cc(F)cc(Oc2ccc(F)cc2)c1. The molecule has 0 spiro atoms. The van der Waals surface area contributed by atoms with E-state index in [0.717, 1.165) is 18.2 Å². The van der Waals surface area contributed by atoms with Gasteiger partial charge in [0.05, 0.1) is 17.1 Å².